The van der Waals surface area contributed by atoms with E-state index in [1.165, 1.54) is 50.4 Å². The van der Waals surface area contributed by atoms with E-state index in [1.807, 2.05) is 24.4 Å². The number of fused-ring (bicyclic) bond motifs is 6. The summed E-state index contributed by atoms with van der Waals surface area (Å²) in [5.41, 5.74) is -1.87. The number of hydrogen-bond donors (Lipinski definition) is 0. The molecule has 3 aromatic carbocycles. The maximum atomic E-state index is 13.7. The second-order valence-electron chi connectivity index (χ2n) is 24.4. The van der Waals surface area contributed by atoms with Gasteiger partial charge in [0.15, 0.2) is 34.5 Å². The fourth-order valence-electron chi connectivity index (χ4n) is 10.7. The van der Waals surface area contributed by atoms with E-state index in [0.717, 1.165) is 40.1 Å². The molecule has 0 radical (unpaired) electrons. The van der Waals surface area contributed by atoms with Gasteiger partial charge in [-0.1, -0.05) is 39.3 Å². The Morgan fingerprint density at radius 2 is 0.957 bits per heavy atom. The van der Waals surface area contributed by atoms with Crippen LogP contribution in [0.3, 0.4) is 0 Å². The van der Waals surface area contributed by atoms with Gasteiger partial charge in [0.05, 0.1) is 95.0 Å². The van der Waals surface area contributed by atoms with E-state index < -0.39 is 67.9 Å². The van der Waals surface area contributed by atoms with Gasteiger partial charge in [-0.05, 0) is 54.6 Å². The Bertz CT molecular complexity index is 3900. The second-order valence-corrected chi connectivity index (χ2v) is 37.2. The molecule has 5 aromatic rings. The van der Waals surface area contributed by atoms with Crippen LogP contribution >= 0.6 is 0 Å². The van der Waals surface area contributed by atoms with E-state index in [9.17, 15) is 45.6 Å². The SMILES string of the molecule is COc1cc2c(cc1OC)C(=O)N1C=C(c3ccco3)C[C@H]1C=N2.COc1cc2c(cc1OC)N(COCC[Si](C)(C)C)C(=O)[C@@H]1CC(OS(=O)(=O)C(F)(F)F)=CN1C2=O.COc1cc2c(cc1OC)N(COCC[Si](C)(C)C)C(=O)[C@@H]1CC(c3ccco3)=CN1C2=O. The monoisotopic (exact) mass is 1350 g/mol. The van der Waals surface area contributed by atoms with Crippen molar-refractivity contribution in [2.75, 3.05) is 79.1 Å². The largest absolute Gasteiger partial charge is 0.534 e. The quantitative estimate of drug-likeness (QED) is 0.0304. The van der Waals surface area contributed by atoms with Crippen molar-refractivity contribution in [1.29, 1.82) is 0 Å². The van der Waals surface area contributed by atoms with Crippen molar-refractivity contribution in [2.45, 2.75) is 94.3 Å². The number of benzene rings is 3. The zero-order chi connectivity index (χ0) is 67.5. The van der Waals surface area contributed by atoms with Gasteiger partial charge in [-0.2, -0.15) is 21.6 Å². The standard InChI is InChI=1S/C24H30N2O6Si.C21H27F3N2O8SSi.C18H16N2O4/c1-29-21-12-17-18(13-22(21)30-2)26(15-31-9-10-33(3,4)5)24(28)19-11-16(14-25(19)23(17)27)20-7-6-8-32-20;1-31-17-9-14-15(10-18(17)32-2)26(12-33-6-7-36(3,4)5)20(28)16-8-13(11-25(16)19(14)27)34-35(29,30)21(22,23)24;1-22-16-7-13-14(8-17(16)23-2)19-9-12-6-11(10-20(12)18(13)21)15-4-3-5-24-15/h6-8,12-14,19H,9-11,15H2,1-5H3;9-11,16H,6-8,12H2,1-5H3;3-5,7-10,12H,6H2,1-2H3/t19-;16-;12-/m000/s1. The van der Waals surface area contributed by atoms with Crippen molar-refractivity contribution in [1.82, 2.24) is 14.7 Å². The normalized spacial score (nSPS) is 18.4. The van der Waals surface area contributed by atoms with Crippen molar-refractivity contribution >= 4 is 90.2 Å². The molecule has 6 aliphatic rings. The molecule has 0 saturated heterocycles. The van der Waals surface area contributed by atoms with E-state index in [4.69, 9.17) is 46.7 Å². The summed E-state index contributed by atoms with van der Waals surface area (Å²) in [6, 6.07) is 16.4. The lowest BCUT2D eigenvalue weighted by molar-refractivity contribution is -0.123. The fraction of sp³-hybridized carbons (Fsp3) is 0.397. The highest BCUT2D eigenvalue weighted by molar-refractivity contribution is 7.87. The molecular weight excluding hydrogens is 1270 g/mol. The third kappa shape index (κ3) is 14.8. The maximum absolute atomic E-state index is 13.7. The Morgan fingerprint density at radius 1 is 0.548 bits per heavy atom. The summed E-state index contributed by atoms with van der Waals surface area (Å²) >= 11 is 0. The van der Waals surface area contributed by atoms with Crippen LogP contribution in [0.4, 0.5) is 30.2 Å². The lowest BCUT2D eigenvalue weighted by Gasteiger charge is -2.26. The predicted octanol–water partition coefficient (Wildman–Crippen LogP) is 10.8. The minimum atomic E-state index is -5.98. The summed E-state index contributed by atoms with van der Waals surface area (Å²) < 4.78 is 120. The lowest BCUT2D eigenvalue weighted by atomic mass is 10.1. The number of halogens is 3. The molecular formula is C63H73F3N6O18SSi2. The molecule has 24 nitrogen and oxygen atoms in total. The van der Waals surface area contributed by atoms with Crippen molar-refractivity contribution in [3.8, 4) is 34.5 Å². The molecule has 6 aliphatic heterocycles. The van der Waals surface area contributed by atoms with Crippen LogP contribution in [0.5, 0.6) is 34.5 Å². The van der Waals surface area contributed by atoms with Crippen LogP contribution in [0.25, 0.3) is 11.1 Å². The third-order valence-corrected chi connectivity index (χ3v) is 20.1. The first-order valence-corrected chi connectivity index (χ1v) is 38.1. The maximum Gasteiger partial charge on any atom is 0.534 e. The van der Waals surface area contributed by atoms with E-state index in [2.05, 4.69) is 48.5 Å². The van der Waals surface area contributed by atoms with Crippen molar-refractivity contribution in [3.05, 3.63) is 126 Å². The number of carbonyl (C=O) groups is 5. The van der Waals surface area contributed by atoms with Crippen LogP contribution in [-0.2, 0) is 33.4 Å². The Hall–Kier alpha value is -8.85. The summed E-state index contributed by atoms with van der Waals surface area (Å²) in [4.78, 5) is 78.5. The minimum Gasteiger partial charge on any atom is -0.493 e. The Balaban J connectivity index is 0.000000167. The van der Waals surface area contributed by atoms with Gasteiger partial charge < -0.3 is 60.7 Å². The molecule has 2 aromatic heterocycles. The lowest BCUT2D eigenvalue weighted by Crippen LogP contribution is -2.45. The molecule has 0 bridgehead atoms. The average molecular weight is 1350 g/mol. The number of furan rings is 2. The number of nitrogens with zero attached hydrogens (tertiary/aromatic N) is 6. The number of hydrogen-bond acceptors (Lipinski definition) is 19. The molecule has 0 aliphatic carbocycles. The highest BCUT2D eigenvalue weighted by Gasteiger charge is 2.52. The van der Waals surface area contributed by atoms with Crippen LogP contribution in [0, 0.1) is 0 Å². The first-order chi connectivity index (χ1) is 44.0. The van der Waals surface area contributed by atoms with Gasteiger partial charge in [0.25, 0.3) is 29.5 Å². The molecule has 498 valence electrons. The molecule has 0 fully saturated rings. The summed E-state index contributed by atoms with van der Waals surface area (Å²) in [5, 5.41) is 0. The first-order valence-electron chi connectivity index (χ1n) is 29.3. The number of carbonyl (C=O) groups excluding carboxylic acids is 5. The smallest absolute Gasteiger partial charge is 0.493 e. The summed E-state index contributed by atoms with van der Waals surface area (Å²) in [7, 11) is 0.149. The Labute approximate surface area is 537 Å². The number of amides is 5. The van der Waals surface area contributed by atoms with E-state index >= 15 is 0 Å². The molecule has 8 heterocycles. The van der Waals surface area contributed by atoms with Crippen LogP contribution < -0.4 is 38.2 Å². The van der Waals surface area contributed by atoms with Gasteiger partial charge in [0.1, 0.15) is 42.8 Å². The third-order valence-electron chi connectivity index (χ3n) is 15.7. The van der Waals surface area contributed by atoms with E-state index in [0.29, 0.717) is 77.3 Å². The Kier molecular flexibility index (Phi) is 20.5. The number of aliphatic imine (C=N–C) groups is 1. The molecule has 93 heavy (non-hydrogen) atoms. The molecule has 0 spiro atoms. The zero-order valence-corrected chi connectivity index (χ0v) is 56.2. The van der Waals surface area contributed by atoms with Gasteiger partial charge in [-0.25, -0.2) is 0 Å². The summed E-state index contributed by atoms with van der Waals surface area (Å²) in [5.74, 6) is 0.999. The summed E-state index contributed by atoms with van der Waals surface area (Å²) in [6.45, 7) is 14.0. The van der Waals surface area contributed by atoms with Crippen LogP contribution in [0.1, 0.15) is 61.9 Å². The fourth-order valence-corrected chi connectivity index (χ4v) is 12.7. The molecule has 3 atom stereocenters. The van der Waals surface area contributed by atoms with Gasteiger partial charge >= 0.3 is 15.6 Å². The zero-order valence-electron chi connectivity index (χ0n) is 53.4. The van der Waals surface area contributed by atoms with Gasteiger partial charge in [-0.3, -0.25) is 43.7 Å². The average Bonchev–Trinajstić information content (AvgIpc) is 1.64. The highest BCUT2D eigenvalue weighted by atomic mass is 32.2. The highest BCUT2D eigenvalue weighted by Crippen LogP contribution is 2.45. The molecule has 0 N–H and O–H groups in total. The molecule has 11 rings (SSSR count). The number of anilines is 2. The van der Waals surface area contributed by atoms with Gasteiger partial charge in [-0.15, -0.1) is 0 Å². The van der Waals surface area contributed by atoms with Crippen LogP contribution in [0.2, 0.25) is 51.4 Å². The second kappa shape index (κ2) is 27.8. The number of ether oxygens (including phenoxy) is 8. The Morgan fingerprint density at radius 3 is 1.40 bits per heavy atom. The number of rotatable bonds is 20. The topological polar surface area (TPSA) is 257 Å². The van der Waals surface area contributed by atoms with Gasteiger partial charge in [0.2, 0.25) is 0 Å². The number of alkyl halides is 3. The summed E-state index contributed by atoms with van der Waals surface area (Å²) in [6.07, 6.45) is 9.80. The molecule has 0 saturated carbocycles. The van der Waals surface area contributed by atoms with Gasteiger partial charge in [0, 0.05) is 103 Å². The van der Waals surface area contributed by atoms with Crippen molar-refractivity contribution in [3.63, 3.8) is 0 Å². The minimum absolute atomic E-state index is 0.0199. The van der Waals surface area contributed by atoms with Crippen molar-refractivity contribution < 1.29 is 96.5 Å². The van der Waals surface area contributed by atoms with Crippen LogP contribution in [-0.4, -0.2) is 168 Å². The predicted molar refractivity (Wildman–Crippen MR) is 341 cm³/mol. The molecule has 5 amide bonds. The molecule has 30 heteroatoms. The number of methoxy groups -OCH3 is 6. The van der Waals surface area contributed by atoms with Crippen molar-refractivity contribution in [2.24, 2.45) is 4.99 Å². The van der Waals surface area contributed by atoms with Crippen LogP contribution in [0.15, 0.2) is 111 Å². The molecule has 0 unspecified atom stereocenters. The first kappa shape index (κ1) is 68.5. The van der Waals surface area contributed by atoms with E-state index in [1.54, 1.807) is 79.3 Å². The van der Waals surface area contributed by atoms with E-state index in [-0.39, 0.29) is 60.0 Å².